The molecule has 21 heavy (non-hydrogen) atoms. The molecule has 0 aromatic heterocycles. The van der Waals surface area contributed by atoms with Crippen molar-refractivity contribution in [2.24, 2.45) is 11.1 Å². The van der Waals surface area contributed by atoms with Crippen LogP contribution < -0.4 is 5.73 Å². The highest BCUT2D eigenvalue weighted by atomic mass is 35.5. The fourth-order valence-corrected chi connectivity index (χ4v) is 1.80. The Bertz CT molecular complexity index is 537. The minimum Gasteiger partial charge on any atom is -0.341 e. The van der Waals surface area contributed by atoms with E-state index in [1.165, 1.54) is 4.90 Å². The van der Waals surface area contributed by atoms with E-state index in [1.807, 2.05) is 13.8 Å². The molecule has 0 saturated heterocycles. The molecular weight excluding hydrogens is 301 g/mol. The van der Waals surface area contributed by atoms with E-state index in [1.54, 1.807) is 7.05 Å². The van der Waals surface area contributed by atoms with Crippen molar-refractivity contribution in [1.82, 2.24) is 4.90 Å². The van der Waals surface area contributed by atoms with E-state index < -0.39 is 22.3 Å². The van der Waals surface area contributed by atoms with Crippen molar-refractivity contribution in [3.8, 4) is 0 Å². The number of non-ortho nitro benzene ring substituents is 1. The van der Waals surface area contributed by atoms with Gasteiger partial charge >= 0.3 is 0 Å². The third-order valence-corrected chi connectivity index (χ3v) is 2.90. The molecule has 8 heteroatoms. The second kappa shape index (κ2) is 7.33. The first-order valence-electron chi connectivity index (χ1n) is 6.07. The third-order valence-electron chi connectivity index (χ3n) is 2.90. The first kappa shape index (κ1) is 19.3. The van der Waals surface area contributed by atoms with Crippen LogP contribution in [0.5, 0.6) is 0 Å². The summed E-state index contributed by atoms with van der Waals surface area (Å²) in [7, 11) is 1.55. The second-order valence-electron chi connectivity index (χ2n) is 5.48. The van der Waals surface area contributed by atoms with Crippen LogP contribution in [0.4, 0.5) is 10.1 Å². The summed E-state index contributed by atoms with van der Waals surface area (Å²) in [6, 6.07) is 2.83. The van der Waals surface area contributed by atoms with Crippen molar-refractivity contribution in [2.45, 2.75) is 13.8 Å². The lowest BCUT2D eigenvalue weighted by Crippen LogP contribution is -2.39. The van der Waals surface area contributed by atoms with Gasteiger partial charge in [0, 0.05) is 25.2 Å². The number of rotatable bonds is 5. The number of nitro benzene ring substituents is 1. The number of carbonyl (C=O) groups excluding carboxylic acids is 1. The summed E-state index contributed by atoms with van der Waals surface area (Å²) in [6.45, 7) is 4.54. The lowest BCUT2D eigenvalue weighted by atomic mass is 9.93. The number of halogens is 2. The zero-order valence-corrected chi connectivity index (χ0v) is 12.9. The molecule has 0 radical (unpaired) electrons. The summed E-state index contributed by atoms with van der Waals surface area (Å²) in [5, 5.41) is 10.7. The molecule has 0 bridgehead atoms. The summed E-state index contributed by atoms with van der Waals surface area (Å²) in [4.78, 5) is 23.5. The molecule has 0 aliphatic carbocycles. The standard InChI is InChI=1S/C13H18FN3O3.ClH/c1-13(2,7-15)8-16(3)12(18)9-4-10(14)6-11(5-9)17(19)20;/h4-6H,7-8,15H2,1-3H3;1H. The Morgan fingerprint density at radius 1 is 1.43 bits per heavy atom. The molecule has 1 aromatic rings. The summed E-state index contributed by atoms with van der Waals surface area (Å²) >= 11 is 0. The van der Waals surface area contributed by atoms with Gasteiger partial charge in [0.05, 0.1) is 11.0 Å². The summed E-state index contributed by atoms with van der Waals surface area (Å²) < 4.78 is 13.3. The number of nitrogens with zero attached hydrogens (tertiary/aromatic N) is 2. The Morgan fingerprint density at radius 3 is 2.48 bits per heavy atom. The predicted octanol–water partition coefficient (Wildman–Crippen LogP) is 2.21. The van der Waals surface area contributed by atoms with Crippen molar-refractivity contribution in [3.05, 3.63) is 39.7 Å². The topological polar surface area (TPSA) is 89.5 Å². The zero-order valence-electron chi connectivity index (χ0n) is 12.1. The lowest BCUT2D eigenvalue weighted by molar-refractivity contribution is -0.385. The maximum atomic E-state index is 13.3. The van der Waals surface area contributed by atoms with Crippen molar-refractivity contribution >= 4 is 24.0 Å². The molecule has 1 amide bonds. The van der Waals surface area contributed by atoms with Gasteiger partial charge in [0.15, 0.2) is 0 Å². The van der Waals surface area contributed by atoms with Crippen LogP contribution in [0.25, 0.3) is 0 Å². The fraction of sp³-hybridized carbons (Fsp3) is 0.462. The minimum absolute atomic E-state index is 0. The molecule has 0 heterocycles. The van der Waals surface area contributed by atoms with Crippen LogP contribution in [0.15, 0.2) is 18.2 Å². The lowest BCUT2D eigenvalue weighted by Gasteiger charge is -2.29. The van der Waals surface area contributed by atoms with Gasteiger partial charge in [-0.1, -0.05) is 13.8 Å². The fourth-order valence-electron chi connectivity index (χ4n) is 1.80. The first-order valence-corrected chi connectivity index (χ1v) is 6.07. The molecule has 1 aromatic carbocycles. The molecule has 1 rings (SSSR count). The smallest absolute Gasteiger partial charge is 0.273 e. The second-order valence-corrected chi connectivity index (χ2v) is 5.48. The maximum Gasteiger partial charge on any atom is 0.273 e. The summed E-state index contributed by atoms with van der Waals surface area (Å²) in [5.74, 6) is -1.29. The van der Waals surface area contributed by atoms with Crippen molar-refractivity contribution in [2.75, 3.05) is 20.1 Å². The van der Waals surface area contributed by atoms with E-state index in [9.17, 15) is 19.3 Å². The minimum atomic E-state index is -0.811. The van der Waals surface area contributed by atoms with E-state index >= 15 is 0 Å². The van der Waals surface area contributed by atoms with Gasteiger partial charge in [-0.25, -0.2) is 4.39 Å². The number of amides is 1. The monoisotopic (exact) mass is 319 g/mol. The number of nitrogens with two attached hydrogens (primary N) is 1. The Labute approximate surface area is 128 Å². The summed E-state index contributed by atoms with van der Waals surface area (Å²) in [5.41, 5.74) is 4.81. The van der Waals surface area contributed by atoms with Crippen LogP contribution in [-0.2, 0) is 0 Å². The van der Waals surface area contributed by atoms with E-state index in [4.69, 9.17) is 5.73 Å². The third kappa shape index (κ3) is 5.28. The van der Waals surface area contributed by atoms with Gasteiger partial charge in [0.25, 0.3) is 11.6 Å². The van der Waals surface area contributed by atoms with Crippen molar-refractivity contribution in [1.29, 1.82) is 0 Å². The Morgan fingerprint density at radius 2 is 2.00 bits per heavy atom. The SMILES string of the molecule is CN(CC(C)(C)CN)C(=O)c1cc(F)cc([N+](=O)[O-])c1.Cl. The van der Waals surface area contributed by atoms with Crippen LogP contribution in [0.1, 0.15) is 24.2 Å². The van der Waals surface area contributed by atoms with Gasteiger partial charge in [-0.05, 0) is 18.0 Å². The zero-order chi connectivity index (χ0) is 15.5. The molecule has 2 N–H and O–H groups in total. The number of nitro groups is 1. The van der Waals surface area contributed by atoms with Gasteiger partial charge in [0.1, 0.15) is 5.82 Å². The van der Waals surface area contributed by atoms with Crippen LogP contribution in [-0.4, -0.2) is 35.9 Å². The number of hydrogen-bond acceptors (Lipinski definition) is 4. The average molecular weight is 320 g/mol. The average Bonchev–Trinajstić information content (AvgIpc) is 2.36. The Kier molecular flexibility index (Phi) is 6.72. The number of hydrogen-bond donors (Lipinski definition) is 1. The van der Waals surface area contributed by atoms with E-state index in [2.05, 4.69) is 0 Å². The summed E-state index contributed by atoms with van der Waals surface area (Å²) in [6.07, 6.45) is 0. The molecular formula is C13H19ClFN3O3. The van der Waals surface area contributed by atoms with Crippen LogP contribution in [0.3, 0.4) is 0 Å². The van der Waals surface area contributed by atoms with E-state index in [0.717, 1.165) is 18.2 Å². The molecule has 0 saturated carbocycles. The predicted molar refractivity (Wildman–Crippen MR) is 80.1 cm³/mol. The number of benzene rings is 1. The molecule has 0 aliphatic heterocycles. The van der Waals surface area contributed by atoms with Crippen molar-refractivity contribution < 1.29 is 14.1 Å². The quantitative estimate of drug-likeness (QED) is 0.665. The number of carbonyl (C=O) groups is 1. The molecule has 0 aliphatic rings. The van der Waals surface area contributed by atoms with Gasteiger partial charge in [-0.3, -0.25) is 14.9 Å². The Balaban J connectivity index is 0.00000400. The van der Waals surface area contributed by atoms with Crippen LogP contribution in [0.2, 0.25) is 0 Å². The maximum absolute atomic E-state index is 13.3. The molecule has 118 valence electrons. The van der Waals surface area contributed by atoms with Crippen molar-refractivity contribution in [3.63, 3.8) is 0 Å². The van der Waals surface area contributed by atoms with Gasteiger partial charge < -0.3 is 10.6 Å². The molecule has 0 atom stereocenters. The molecule has 6 nitrogen and oxygen atoms in total. The highest BCUT2D eigenvalue weighted by molar-refractivity contribution is 5.94. The highest BCUT2D eigenvalue weighted by Gasteiger charge is 2.23. The first-order chi connectivity index (χ1) is 9.16. The molecule has 0 spiro atoms. The van der Waals surface area contributed by atoms with Gasteiger partial charge in [0.2, 0.25) is 0 Å². The van der Waals surface area contributed by atoms with Crippen LogP contribution in [0, 0.1) is 21.3 Å². The molecule has 0 fully saturated rings. The van der Waals surface area contributed by atoms with Crippen LogP contribution >= 0.6 is 12.4 Å². The highest BCUT2D eigenvalue weighted by Crippen LogP contribution is 2.19. The van der Waals surface area contributed by atoms with Gasteiger partial charge in [-0.15, -0.1) is 12.4 Å². The Hall–Kier alpha value is -1.73. The van der Waals surface area contributed by atoms with Gasteiger partial charge in [-0.2, -0.15) is 0 Å². The molecule has 0 unspecified atom stereocenters. The largest absolute Gasteiger partial charge is 0.341 e. The normalized spacial score (nSPS) is 10.7. The van der Waals surface area contributed by atoms with E-state index in [-0.39, 0.29) is 23.4 Å². The van der Waals surface area contributed by atoms with E-state index in [0.29, 0.717) is 13.1 Å².